The SMILES string of the molecule is COC(=O)c1cccc2c1CCCN2S(=O)(=O)N(C)C. The highest BCUT2D eigenvalue weighted by Gasteiger charge is 2.31. The van der Waals surface area contributed by atoms with Crippen LogP contribution in [0.2, 0.25) is 0 Å². The van der Waals surface area contributed by atoms with Crippen molar-refractivity contribution in [2.75, 3.05) is 32.1 Å². The first-order valence-electron chi connectivity index (χ1n) is 6.30. The maximum Gasteiger partial charge on any atom is 0.338 e. The van der Waals surface area contributed by atoms with E-state index in [-0.39, 0.29) is 0 Å². The Morgan fingerprint density at radius 3 is 2.65 bits per heavy atom. The van der Waals surface area contributed by atoms with E-state index in [4.69, 9.17) is 4.74 Å². The average molecular weight is 298 g/mol. The zero-order valence-corrected chi connectivity index (χ0v) is 12.6. The van der Waals surface area contributed by atoms with Crippen LogP contribution in [0.3, 0.4) is 0 Å². The van der Waals surface area contributed by atoms with Crippen molar-refractivity contribution in [3.63, 3.8) is 0 Å². The van der Waals surface area contributed by atoms with E-state index in [2.05, 4.69) is 0 Å². The number of esters is 1. The van der Waals surface area contributed by atoms with E-state index in [1.807, 2.05) is 0 Å². The van der Waals surface area contributed by atoms with Crippen molar-refractivity contribution < 1.29 is 17.9 Å². The van der Waals surface area contributed by atoms with Gasteiger partial charge in [0, 0.05) is 20.6 Å². The van der Waals surface area contributed by atoms with Gasteiger partial charge in [-0.2, -0.15) is 12.7 Å². The highest BCUT2D eigenvalue weighted by Crippen LogP contribution is 2.32. The lowest BCUT2D eigenvalue weighted by Gasteiger charge is -2.33. The van der Waals surface area contributed by atoms with Crippen LogP contribution in [-0.2, 0) is 21.4 Å². The Morgan fingerprint density at radius 2 is 2.05 bits per heavy atom. The lowest BCUT2D eigenvalue weighted by Crippen LogP contribution is -2.43. The van der Waals surface area contributed by atoms with E-state index < -0.39 is 16.2 Å². The Hall–Kier alpha value is -1.60. The van der Waals surface area contributed by atoms with Crippen molar-refractivity contribution in [2.24, 2.45) is 0 Å². The largest absolute Gasteiger partial charge is 0.465 e. The fourth-order valence-corrected chi connectivity index (χ4v) is 3.50. The van der Waals surface area contributed by atoms with Crippen LogP contribution in [0.25, 0.3) is 0 Å². The fraction of sp³-hybridized carbons (Fsp3) is 0.462. The molecule has 0 unspecified atom stereocenters. The Balaban J connectivity index is 2.56. The summed E-state index contributed by atoms with van der Waals surface area (Å²) in [5.74, 6) is -0.439. The maximum absolute atomic E-state index is 12.3. The molecule has 0 N–H and O–H groups in total. The molecule has 0 spiro atoms. The molecule has 110 valence electrons. The molecule has 7 heteroatoms. The molecule has 1 aliphatic heterocycles. The van der Waals surface area contributed by atoms with Gasteiger partial charge in [0.05, 0.1) is 18.4 Å². The average Bonchev–Trinajstić information content (AvgIpc) is 2.44. The van der Waals surface area contributed by atoms with Crippen molar-refractivity contribution in [1.82, 2.24) is 4.31 Å². The third-order valence-electron chi connectivity index (χ3n) is 3.35. The van der Waals surface area contributed by atoms with Gasteiger partial charge in [0.25, 0.3) is 0 Å². The van der Waals surface area contributed by atoms with Crippen molar-refractivity contribution in [3.8, 4) is 0 Å². The zero-order chi connectivity index (χ0) is 14.9. The third-order valence-corrected chi connectivity index (χ3v) is 5.21. The summed E-state index contributed by atoms with van der Waals surface area (Å²) in [4.78, 5) is 11.8. The molecule has 2 rings (SSSR count). The molecule has 1 aromatic rings. The molecule has 0 aromatic heterocycles. The molecule has 6 nitrogen and oxygen atoms in total. The number of fused-ring (bicyclic) bond motifs is 1. The molecule has 1 aromatic carbocycles. The summed E-state index contributed by atoms with van der Waals surface area (Å²) in [7, 11) is 0.758. The van der Waals surface area contributed by atoms with Gasteiger partial charge in [-0.25, -0.2) is 4.79 Å². The van der Waals surface area contributed by atoms with Crippen molar-refractivity contribution in [2.45, 2.75) is 12.8 Å². The van der Waals surface area contributed by atoms with E-state index in [9.17, 15) is 13.2 Å². The van der Waals surface area contributed by atoms with E-state index in [1.54, 1.807) is 18.2 Å². The second kappa shape index (κ2) is 5.41. The second-order valence-corrected chi connectivity index (χ2v) is 6.83. The minimum atomic E-state index is -3.55. The van der Waals surface area contributed by atoms with Gasteiger partial charge >= 0.3 is 16.2 Å². The molecule has 1 heterocycles. The van der Waals surface area contributed by atoms with Crippen molar-refractivity contribution in [1.29, 1.82) is 0 Å². The number of ether oxygens (including phenoxy) is 1. The number of carbonyl (C=O) groups excluding carboxylic acids is 1. The zero-order valence-electron chi connectivity index (χ0n) is 11.8. The van der Waals surface area contributed by atoms with Crippen LogP contribution in [0.4, 0.5) is 5.69 Å². The van der Waals surface area contributed by atoms with Crippen LogP contribution in [-0.4, -0.2) is 46.4 Å². The van der Waals surface area contributed by atoms with Gasteiger partial charge < -0.3 is 4.74 Å². The number of methoxy groups -OCH3 is 1. The first-order chi connectivity index (χ1) is 9.39. The molecular formula is C13H18N2O4S. The van der Waals surface area contributed by atoms with Crippen LogP contribution in [0.15, 0.2) is 18.2 Å². The van der Waals surface area contributed by atoms with Gasteiger partial charge in [0.2, 0.25) is 0 Å². The van der Waals surface area contributed by atoms with Gasteiger partial charge in [-0.05, 0) is 30.5 Å². The number of anilines is 1. The Labute approximate surface area is 119 Å². The molecule has 0 atom stereocenters. The molecule has 0 saturated heterocycles. The molecule has 0 radical (unpaired) electrons. The van der Waals surface area contributed by atoms with E-state index in [1.165, 1.54) is 29.8 Å². The molecule has 0 saturated carbocycles. The van der Waals surface area contributed by atoms with Crippen LogP contribution in [0, 0.1) is 0 Å². The van der Waals surface area contributed by atoms with Gasteiger partial charge in [-0.3, -0.25) is 4.31 Å². The smallest absolute Gasteiger partial charge is 0.338 e. The topological polar surface area (TPSA) is 66.9 Å². The highest BCUT2D eigenvalue weighted by atomic mass is 32.2. The van der Waals surface area contributed by atoms with Gasteiger partial charge in [0.15, 0.2) is 0 Å². The quantitative estimate of drug-likeness (QED) is 0.782. The fourth-order valence-electron chi connectivity index (χ4n) is 2.33. The number of rotatable bonds is 3. The van der Waals surface area contributed by atoms with E-state index in [0.29, 0.717) is 30.6 Å². The molecule has 0 amide bonds. The second-order valence-electron chi connectivity index (χ2n) is 4.76. The predicted octanol–water partition coefficient (Wildman–Crippen LogP) is 1.03. The number of hydrogen-bond acceptors (Lipinski definition) is 4. The van der Waals surface area contributed by atoms with Crippen LogP contribution < -0.4 is 4.31 Å². The first kappa shape index (κ1) is 14.8. The number of benzene rings is 1. The molecule has 0 bridgehead atoms. The summed E-state index contributed by atoms with van der Waals surface area (Å²) < 4.78 is 31.9. The molecule has 0 aliphatic carbocycles. The summed E-state index contributed by atoms with van der Waals surface area (Å²) in [5.41, 5.74) is 1.73. The minimum Gasteiger partial charge on any atom is -0.465 e. The molecule has 0 fully saturated rings. The van der Waals surface area contributed by atoms with Gasteiger partial charge in [0.1, 0.15) is 0 Å². The van der Waals surface area contributed by atoms with E-state index >= 15 is 0 Å². The first-order valence-corrected chi connectivity index (χ1v) is 7.69. The van der Waals surface area contributed by atoms with Crippen LogP contribution in [0.5, 0.6) is 0 Å². The minimum absolute atomic E-state index is 0.415. The standard InChI is InChI=1S/C13H18N2O4S/c1-14(2)20(17,18)15-9-5-7-10-11(13(16)19-3)6-4-8-12(10)15/h4,6,8H,5,7,9H2,1-3H3. The lowest BCUT2D eigenvalue weighted by atomic mass is 9.98. The van der Waals surface area contributed by atoms with Crippen LogP contribution in [0.1, 0.15) is 22.3 Å². The number of carbonyl (C=O) groups is 1. The summed E-state index contributed by atoms with van der Waals surface area (Å²) >= 11 is 0. The Bertz CT molecular complexity index is 625. The maximum atomic E-state index is 12.3. The monoisotopic (exact) mass is 298 g/mol. The Kier molecular flexibility index (Phi) is 4.01. The lowest BCUT2D eigenvalue weighted by molar-refractivity contribution is 0.0599. The molecule has 1 aliphatic rings. The Morgan fingerprint density at radius 1 is 1.35 bits per heavy atom. The molecule has 20 heavy (non-hydrogen) atoms. The molecular weight excluding hydrogens is 280 g/mol. The number of hydrogen-bond donors (Lipinski definition) is 0. The van der Waals surface area contributed by atoms with Crippen molar-refractivity contribution >= 4 is 21.9 Å². The third kappa shape index (κ3) is 2.38. The summed E-state index contributed by atoms with van der Waals surface area (Å²) in [6, 6.07) is 5.06. The highest BCUT2D eigenvalue weighted by molar-refractivity contribution is 7.90. The van der Waals surface area contributed by atoms with Gasteiger partial charge in [-0.1, -0.05) is 6.07 Å². The number of nitrogens with zero attached hydrogens (tertiary/aromatic N) is 2. The summed E-state index contributed by atoms with van der Waals surface area (Å²) in [6.07, 6.45) is 1.34. The van der Waals surface area contributed by atoms with E-state index in [0.717, 1.165) is 5.56 Å². The van der Waals surface area contributed by atoms with Crippen molar-refractivity contribution in [3.05, 3.63) is 29.3 Å². The van der Waals surface area contributed by atoms with Gasteiger partial charge in [-0.15, -0.1) is 0 Å². The predicted molar refractivity (Wildman–Crippen MR) is 76.1 cm³/mol. The summed E-state index contributed by atoms with van der Waals surface area (Å²) in [5, 5.41) is 0. The summed E-state index contributed by atoms with van der Waals surface area (Å²) in [6.45, 7) is 0.415. The van der Waals surface area contributed by atoms with Crippen LogP contribution >= 0.6 is 0 Å². The normalized spacial score (nSPS) is 15.1.